The number of halogens is 1. The molecule has 1 N–H and O–H groups in total. The predicted octanol–water partition coefficient (Wildman–Crippen LogP) is 5.27. The Morgan fingerprint density at radius 1 is 1.22 bits per heavy atom. The third-order valence-corrected chi connectivity index (χ3v) is 5.26. The van der Waals surface area contributed by atoms with E-state index in [0.29, 0.717) is 18.1 Å². The number of rotatable bonds is 6. The van der Waals surface area contributed by atoms with Gasteiger partial charge < -0.3 is 14.6 Å². The fraction of sp³-hybridized carbons (Fsp3) is 0.409. The highest BCUT2D eigenvalue weighted by Crippen LogP contribution is 2.40. The zero-order valence-corrected chi connectivity index (χ0v) is 16.9. The Kier molecular flexibility index (Phi) is 5.38. The zero-order chi connectivity index (χ0) is 19.8. The van der Waals surface area contributed by atoms with Crippen molar-refractivity contribution in [2.75, 3.05) is 0 Å². The first-order valence-corrected chi connectivity index (χ1v) is 9.48. The highest BCUT2D eigenvalue weighted by molar-refractivity contribution is 6.30. The average molecular weight is 389 g/mol. The van der Waals surface area contributed by atoms with Crippen LogP contribution in [0.3, 0.4) is 0 Å². The standard InChI is InChI=1S/C22H25ClO4/c1-13-14(2)19(7-5-15(13)6-8-20(24)25)26-12-17-10-18(23)9-16-11-22(3,4)27-21(16)17/h5,7,9-10H,6,8,11-12H2,1-4H3,(H,24,25). The fourth-order valence-corrected chi connectivity index (χ4v) is 3.79. The van der Waals surface area contributed by atoms with Gasteiger partial charge in [0.15, 0.2) is 0 Å². The minimum atomic E-state index is -0.787. The molecule has 0 aliphatic carbocycles. The summed E-state index contributed by atoms with van der Waals surface area (Å²) in [5, 5.41) is 9.57. The van der Waals surface area contributed by atoms with Crippen molar-refractivity contribution in [3.8, 4) is 11.5 Å². The van der Waals surface area contributed by atoms with Gasteiger partial charge in [-0.3, -0.25) is 4.79 Å². The van der Waals surface area contributed by atoms with Gasteiger partial charge in [-0.1, -0.05) is 17.7 Å². The normalized spacial score (nSPS) is 14.6. The van der Waals surface area contributed by atoms with E-state index in [9.17, 15) is 4.79 Å². The largest absolute Gasteiger partial charge is 0.488 e. The van der Waals surface area contributed by atoms with Crippen molar-refractivity contribution in [2.45, 2.75) is 59.2 Å². The summed E-state index contributed by atoms with van der Waals surface area (Å²) in [6, 6.07) is 7.71. The molecule has 1 heterocycles. The number of fused-ring (bicyclic) bond motifs is 1. The van der Waals surface area contributed by atoms with Crippen molar-refractivity contribution >= 4 is 17.6 Å². The van der Waals surface area contributed by atoms with E-state index in [2.05, 4.69) is 13.8 Å². The molecule has 0 bridgehead atoms. The minimum Gasteiger partial charge on any atom is -0.488 e. The summed E-state index contributed by atoms with van der Waals surface area (Å²) in [6.45, 7) is 8.50. The van der Waals surface area contributed by atoms with Crippen molar-refractivity contribution in [3.63, 3.8) is 0 Å². The lowest BCUT2D eigenvalue weighted by atomic mass is 9.99. The van der Waals surface area contributed by atoms with Crippen LogP contribution in [0.2, 0.25) is 5.02 Å². The Labute approximate surface area is 165 Å². The highest BCUT2D eigenvalue weighted by atomic mass is 35.5. The van der Waals surface area contributed by atoms with Crippen LogP contribution in [0.15, 0.2) is 24.3 Å². The molecule has 0 aromatic heterocycles. The van der Waals surface area contributed by atoms with Gasteiger partial charge in [0.2, 0.25) is 0 Å². The average Bonchev–Trinajstić information content (AvgIpc) is 2.88. The first-order chi connectivity index (χ1) is 12.7. The number of carbonyl (C=O) groups is 1. The molecule has 0 spiro atoms. The lowest BCUT2D eigenvalue weighted by Gasteiger charge is -2.19. The van der Waals surface area contributed by atoms with Gasteiger partial charge >= 0.3 is 5.97 Å². The molecule has 1 aliphatic rings. The maximum atomic E-state index is 10.8. The van der Waals surface area contributed by atoms with Gasteiger partial charge in [-0.15, -0.1) is 0 Å². The van der Waals surface area contributed by atoms with Crippen LogP contribution in [0.1, 0.15) is 48.1 Å². The molecule has 0 unspecified atom stereocenters. The van der Waals surface area contributed by atoms with Crippen LogP contribution in [-0.4, -0.2) is 16.7 Å². The Morgan fingerprint density at radius 2 is 1.96 bits per heavy atom. The number of hydrogen-bond acceptors (Lipinski definition) is 3. The van der Waals surface area contributed by atoms with Crippen LogP contribution >= 0.6 is 11.6 Å². The predicted molar refractivity (Wildman–Crippen MR) is 106 cm³/mol. The van der Waals surface area contributed by atoms with Crippen molar-refractivity contribution < 1.29 is 19.4 Å². The smallest absolute Gasteiger partial charge is 0.303 e. The molecule has 0 saturated heterocycles. The van der Waals surface area contributed by atoms with Crippen molar-refractivity contribution in [2.24, 2.45) is 0 Å². The van der Waals surface area contributed by atoms with E-state index >= 15 is 0 Å². The first kappa shape index (κ1) is 19.6. The van der Waals surface area contributed by atoms with Crippen molar-refractivity contribution in [1.82, 2.24) is 0 Å². The molecule has 1 aliphatic heterocycles. The molecule has 0 radical (unpaired) electrons. The zero-order valence-electron chi connectivity index (χ0n) is 16.2. The Morgan fingerprint density at radius 3 is 2.67 bits per heavy atom. The summed E-state index contributed by atoms with van der Waals surface area (Å²) in [5.74, 6) is 0.875. The molecule has 0 amide bonds. The Hall–Kier alpha value is -2.20. The molecule has 2 aromatic rings. The lowest BCUT2D eigenvalue weighted by molar-refractivity contribution is -0.136. The van der Waals surface area contributed by atoms with Crippen LogP contribution in [0.4, 0.5) is 0 Å². The van der Waals surface area contributed by atoms with E-state index in [4.69, 9.17) is 26.2 Å². The number of hydrogen-bond donors (Lipinski definition) is 1. The van der Waals surface area contributed by atoms with Crippen molar-refractivity contribution in [3.05, 3.63) is 57.1 Å². The Balaban J connectivity index is 1.79. The van der Waals surface area contributed by atoms with Gasteiger partial charge in [0.1, 0.15) is 23.7 Å². The molecular weight excluding hydrogens is 364 g/mol. The van der Waals surface area contributed by atoms with Crippen LogP contribution in [0.25, 0.3) is 0 Å². The number of carboxylic acid groups (broad SMARTS) is 1. The van der Waals surface area contributed by atoms with Gasteiger partial charge in [0.05, 0.1) is 0 Å². The van der Waals surface area contributed by atoms with Crippen LogP contribution in [-0.2, 0) is 24.2 Å². The lowest BCUT2D eigenvalue weighted by Crippen LogP contribution is -2.25. The van der Waals surface area contributed by atoms with Crippen LogP contribution in [0.5, 0.6) is 11.5 Å². The van der Waals surface area contributed by atoms with Gasteiger partial charge in [-0.05, 0) is 74.6 Å². The molecule has 4 nitrogen and oxygen atoms in total. The second-order valence-corrected chi connectivity index (χ2v) is 8.18. The number of ether oxygens (including phenoxy) is 2. The van der Waals surface area contributed by atoms with Gasteiger partial charge in [0, 0.05) is 23.4 Å². The second-order valence-electron chi connectivity index (χ2n) is 7.75. The van der Waals surface area contributed by atoms with Crippen LogP contribution in [0, 0.1) is 13.8 Å². The van der Waals surface area contributed by atoms with Gasteiger partial charge in [-0.2, -0.15) is 0 Å². The second kappa shape index (κ2) is 7.43. The highest BCUT2D eigenvalue weighted by Gasteiger charge is 2.32. The summed E-state index contributed by atoms with van der Waals surface area (Å²) in [6.07, 6.45) is 1.47. The number of benzene rings is 2. The molecule has 5 heteroatoms. The molecule has 27 heavy (non-hydrogen) atoms. The Bertz CT molecular complexity index is 886. The van der Waals surface area contributed by atoms with Gasteiger partial charge in [0.25, 0.3) is 0 Å². The van der Waals surface area contributed by atoms with E-state index in [0.717, 1.165) is 45.7 Å². The molecule has 0 fully saturated rings. The number of aliphatic carboxylic acids is 1. The van der Waals surface area contributed by atoms with Crippen molar-refractivity contribution in [1.29, 1.82) is 0 Å². The number of carboxylic acids is 1. The quantitative estimate of drug-likeness (QED) is 0.732. The summed E-state index contributed by atoms with van der Waals surface area (Å²) in [4.78, 5) is 10.8. The molecular formula is C22H25ClO4. The summed E-state index contributed by atoms with van der Waals surface area (Å²) >= 11 is 6.28. The third-order valence-electron chi connectivity index (χ3n) is 5.04. The molecule has 144 valence electrons. The molecule has 0 atom stereocenters. The molecule has 0 saturated carbocycles. The summed E-state index contributed by atoms with van der Waals surface area (Å²) in [5.41, 5.74) is 4.95. The monoisotopic (exact) mass is 388 g/mol. The van der Waals surface area contributed by atoms with E-state index in [1.807, 2.05) is 38.1 Å². The van der Waals surface area contributed by atoms with E-state index < -0.39 is 5.97 Å². The summed E-state index contributed by atoms with van der Waals surface area (Å²) < 4.78 is 12.2. The maximum absolute atomic E-state index is 10.8. The fourth-order valence-electron chi connectivity index (χ4n) is 3.53. The SMILES string of the molecule is Cc1c(CCC(=O)O)ccc(OCc2cc(Cl)cc3c2OC(C)(C)C3)c1C. The topological polar surface area (TPSA) is 55.8 Å². The number of aryl methyl sites for hydroxylation is 1. The van der Waals surface area contributed by atoms with Gasteiger partial charge in [-0.25, -0.2) is 0 Å². The minimum absolute atomic E-state index is 0.127. The first-order valence-electron chi connectivity index (χ1n) is 9.10. The van der Waals surface area contributed by atoms with Crippen LogP contribution < -0.4 is 9.47 Å². The molecule has 2 aromatic carbocycles. The molecule has 3 rings (SSSR count). The van der Waals surface area contributed by atoms with E-state index in [-0.39, 0.29) is 12.0 Å². The van der Waals surface area contributed by atoms with E-state index in [1.165, 1.54) is 0 Å². The maximum Gasteiger partial charge on any atom is 0.303 e. The third kappa shape index (κ3) is 4.38. The summed E-state index contributed by atoms with van der Waals surface area (Å²) in [7, 11) is 0. The van der Waals surface area contributed by atoms with E-state index in [1.54, 1.807) is 0 Å².